The summed E-state index contributed by atoms with van der Waals surface area (Å²) in [6.45, 7) is 1.85. The van der Waals surface area contributed by atoms with Crippen molar-refractivity contribution in [3.05, 3.63) is 28.8 Å². The zero-order valence-electron chi connectivity index (χ0n) is 7.95. The van der Waals surface area contributed by atoms with Crippen LogP contribution in [0, 0.1) is 29.6 Å². The molecule has 74 valence electrons. The Labute approximate surface area is 92.4 Å². The van der Waals surface area contributed by atoms with E-state index in [1.807, 2.05) is 6.92 Å². The highest BCUT2D eigenvalue weighted by Crippen LogP contribution is 2.19. The first kappa shape index (κ1) is 11.0. The van der Waals surface area contributed by atoms with E-state index in [2.05, 4.69) is 10.5 Å². The summed E-state index contributed by atoms with van der Waals surface area (Å²) in [6.07, 6.45) is 0. The van der Waals surface area contributed by atoms with Crippen LogP contribution in [0.5, 0.6) is 0 Å². The van der Waals surface area contributed by atoms with Gasteiger partial charge in [-0.1, -0.05) is 11.6 Å². The van der Waals surface area contributed by atoms with Gasteiger partial charge in [-0.2, -0.15) is 15.6 Å². The van der Waals surface area contributed by atoms with Crippen molar-refractivity contribution in [1.82, 2.24) is 0 Å². The Morgan fingerprint density at radius 1 is 1.40 bits per heavy atom. The van der Waals surface area contributed by atoms with Crippen LogP contribution in [0.25, 0.3) is 0 Å². The van der Waals surface area contributed by atoms with Crippen molar-refractivity contribution in [2.24, 2.45) is 5.10 Å². The maximum Gasteiger partial charge on any atom is 0.237 e. The van der Waals surface area contributed by atoms with E-state index < -0.39 is 0 Å². The number of hydrogen-bond donors (Lipinski definition) is 1. The lowest BCUT2D eigenvalue weighted by atomic mass is 10.2. The van der Waals surface area contributed by atoms with E-state index in [1.165, 1.54) is 0 Å². The summed E-state index contributed by atoms with van der Waals surface area (Å²) >= 11 is 5.83. The van der Waals surface area contributed by atoms with Gasteiger partial charge in [-0.3, -0.25) is 5.43 Å². The highest BCUT2D eigenvalue weighted by atomic mass is 35.5. The third-order valence-corrected chi connectivity index (χ3v) is 2.09. The lowest BCUT2D eigenvalue weighted by molar-refractivity contribution is 1.32. The molecule has 1 N–H and O–H groups in total. The van der Waals surface area contributed by atoms with Crippen molar-refractivity contribution in [3.8, 4) is 12.1 Å². The first-order chi connectivity index (χ1) is 7.17. The van der Waals surface area contributed by atoms with Crippen molar-refractivity contribution >= 4 is 23.0 Å². The van der Waals surface area contributed by atoms with Gasteiger partial charge < -0.3 is 0 Å². The first-order valence-electron chi connectivity index (χ1n) is 4.07. The summed E-state index contributed by atoms with van der Waals surface area (Å²) in [7, 11) is 0. The Kier molecular flexibility index (Phi) is 3.68. The van der Waals surface area contributed by atoms with Gasteiger partial charge in [0.2, 0.25) is 5.71 Å². The van der Waals surface area contributed by atoms with Crippen molar-refractivity contribution < 1.29 is 0 Å². The average molecular weight is 219 g/mol. The van der Waals surface area contributed by atoms with E-state index in [0.717, 1.165) is 5.56 Å². The Hall–Kier alpha value is -2.04. The van der Waals surface area contributed by atoms with Gasteiger partial charge >= 0.3 is 0 Å². The fourth-order valence-electron chi connectivity index (χ4n) is 0.910. The van der Waals surface area contributed by atoms with Gasteiger partial charge in [0.1, 0.15) is 12.1 Å². The van der Waals surface area contributed by atoms with Crippen molar-refractivity contribution in [2.75, 3.05) is 5.43 Å². The predicted molar refractivity (Wildman–Crippen MR) is 58.5 cm³/mol. The topological polar surface area (TPSA) is 72.0 Å². The van der Waals surface area contributed by atoms with Gasteiger partial charge in [-0.15, -0.1) is 0 Å². The maximum absolute atomic E-state index is 8.44. The second-order valence-corrected chi connectivity index (χ2v) is 3.17. The van der Waals surface area contributed by atoms with Gasteiger partial charge in [0, 0.05) is 5.02 Å². The second kappa shape index (κ2) is 4.99. The van der Waals surface area contributed by atoms with E-state index in [4.69, 9.17) is 22.1 Å². The molecule has 0 aromatic heterocycles. The molecule has 0 unspecified atom stereocenters. The molecule has 0 atom stereocenters. The number of nitrogens with one attached hydrogen (secondary N) is 1. The molecule has 1 aromatic carbocycles. The van der Waals surface area contributed by atoms with Crippen LogP contribution in [-0.4, -0.2) is 5.71 Å². The standard InChI is InChI=1S/C10H7ClN4/c1-7-4-8(2-3-10(7)11)14-15-9(5-12)6-13/h2-4,14H,1H3. The highest BCUT2D eigenvalue weighted by Gasteiger charge is 1.97. The third-order valence-electron chi connectivity index (χ3n) is 1.67. The van der Waals surface area contributed by atoms with Gasteiger partial charge in [0.15, 0.2) is 0 Å². The van der Waals surface area contributed by atoms with Crippen molar-refractivity contribution in [1.29, 1.82) is 10.5 Å². The maximum atomic E-state index is 8.44. The molecular weight excluding hydrogens is 212 g/mol. The van der Waals surface area contributed by atoms with Crippen LogP contribution in [0.3, 0.4) is 0 Å². The summed E-state index contributed by atoms with van der Waals surface area (Å²) in [6, 6.07) is 8.50. The quantitative estimate of drug-likeness (QED) is 0.612. The molecule has 0 bridgehead atoms. The summed E-state index contributed by atoms with van der Waals surface area (Å²) in [4.78, 5) is 0. The number of aryl methyl sites for hydroxylation is 1. The number of hydrogen-bond acceptors (Lipinski definition) is 4. The van der Waals surface area contributed by atoms with Crippen LogP contribution in [0.4, 0.5) is 5.69 Å². The molecule has 0 aliphatic heterocycles. The molecule has 0 radical (unpaired) electrons. The second-order valence-electron chi connectivity index (χ2n) is 2.76. The number of nitriles is 2. The Balaban J connectivity index is 2.84. The van der Waals surface area contributed by atoms with Crippen LogP contribution in [-0.2, 0) is 0 Å². The molecule has 15 heavy (non-hydrogen) atoms. The first-order valence-corrected chi connectivity index (χ1v) is 4.45. The molecule has 0 amide bonds. The molecule has 0 spiro atoms. The number of rotatable bonds is 2. The monoisotopic (exact) mass is 218 g/mol. The summed E-state index contributed by atoms with van der Waals surface area (Å²) in [5.41, 5.74) is 3.96. The molecule has 4 nitrogen and oxygen atoms in total. The molecule has 1 aromatic rings. The van der Waals surface area contributed by atoms with E-state index in [1.54, 1.807) is 30.3 Å². The fourth-order valence-corrected chi connectivity index (χ4v) is 1.03. The number of hydrazone groups is 1. The molecule has 0 heterocycles. The van der Waals surface area contributed by atoms with Gasteiger partial charge in [-0.05, 0) is 30.7 Å². The number of nitrogens with zero attached hydrogens (tertiary/aromatic N) is 3. The number of halogens is 1. The molecule has 5 heteroatoms. The molecular formula is C10H7ClN4. The van der Waals surface area contributed by atoms with Crippen LogP contribution in [0.15, 0.2) is 23.3 Å². The van der Waals surface area contributed by atoms with E-state index in [-0.39, 0.29) is 5.71 Å². The molecule has 0 saturated carbocycles. The fraction of sp³-hybridized carbons (Fsp3) is 0.100. The SMILES string of the molecule is Cc1cc(NN=C(C#N)C#N)ccc1Cl. The Bertz CT molecular complexity index is 463. The molecule has 1 rings (SSSR count). The van der Waals surface area contributed by atoms with Crippen LogP contribution < -0.4 is 5.43 Å². The predicted octanol–water partition coefficient (Wildman–Crippen LogP) is 2.46. The van der Waals surface area contributed by atoms with E-state index in [9.17, 15) is 0 Å². The Morgan fingerprint density at radius 3 is 2.60 bits per heavy atom. The summed E-state index contributed by atoms with van der Waals surface area (Å²) in [5, 5.41) is 21.1. The molecule has 0 fully saturated rings. The highest BCUT2D eigenvalue weighted by molar-refractivity contribution is 6.31. The molecule has 0 aliphatic rings. The third kappa shape index (κ3) is 2.98. The van der Waals surface area contributed by atoms with Crippen molar-refractivity contribution in [2.45, 2.75) is 6.92 Å². The minimum atomic E-state index is -0.220. The van der Waals surface area contributed by atoms with E-state index >= 15 is 0 Å². The normalized spacial score (nSPS) is 8.53. The lowest BCUT2D eigenvalue weighted by Crippen LogP contribution is -1.96. The summed E-state index contributed by atoms with van der Waals surface area (Å²) < 4.78 is 0. The zero-order valence-corrected chi connectivity index (χ0v) is 8.71. The molecule has 0 saturated heterocycles. The average Bonchev–Trinajstić information content (AvgIpc) is 2.24. The Morgan fingerprint density at radius 2 is 2.07 bits per heavy atom. The van der Waals surface area contributed by atoms with Crippen LogP contribution >= 0.6 is 11.6 Å². The molecule has 0 aliphatic carbocycles. The van der Waals surface area contributed by atoms with Crippen LogP contribution in [0.2, 0.25) is 5.02 Å². The minimum absolute atomic E-state index is 0.220. The lowest BCUT2D eigenvalue weighted by Gasteiger charge is -2.02. The van der Waals surface area contributed by atoms with Gasteiger partial charge in [0.25, 0.3) is 0 Å². The number of anilines is 1. The largest absolute Gasteiger partial charge is 0.277 e. The minimum Gasteiger partial charge on any atom is -0.277 e. The number of benzene rings is 1. The smallest absolute Gasteiger partial charge is 0.237 e. The van der Waals surface area contributed by atoms with E-state index in [0.29, 0.717) is 10.7 Å². The van der Waals surface area contributed by atoms with Gasteiger partial charge in [0.05, 0.1) is 5.69 Å². The summed E-state index contributed by atoms with van der Waals surface area (Å²) in [5.74, 6) is 0. The van der Waals surface area contributed by atoms with Gasteiger partial charge in [-0.25, -0.2) is 0 Å². The zero-order chi connectivity index (χ0) is 11.3. The van der Waals surface area contributed by atoms with Crippen LogP contribution in [0.1, 0.15) is 5.56 Å². The van der Waals surface area contributed by atoms with Crippen molar-refractivity contribution in [3.63, 3.8) is 0 Å².